The van der Waals surface area contributed by atoms with E-state index in [1.54, 1.807) is 13.8 Å². The molecule has 1 aliphatic carbocycles. The maximum atomic E-state index is 14.4. The minimum absolute atomic E-state index is 0.00655. The number of methoxy groups -OCH3 is 1. The van der Waals surface area contributed by atoms with Gasteiger partial charge in [-0.15, -0.1) is 0 Å². The lowest BCUT2D eigenvalue weighted by Crippen LogP contribution is -2.13. The summed E-state index contributed by atoms with van der Waals surface area (Å²) in [5, 5.41) is -1.31. The maximum Gasteiger partial charge on any atom is 0.426 e. The number of carbonyl (C=O) groups excluding carboxylic acids is 1. The second-order valence-corrected chi connectivity index (χ2v) is 9.08. The average molecular weight is 571 g/mol. The Bertz CT molecular complexity index is 826. The monoisotopic (exact) mass is 568 g/mol. The van der Waals surface area contributed by atoms with Gasteiger partial charge in [0.05, 0.1) is 27.0 Å². The summed E-state index contributed by atoms with van der Waals surface area (Å²) in [6.45, 7) is 2.41. The predicted molar refractivity (Wildman–Crippen MR) is 103 cm³/mol. The third-order valence-electron chi connectivity index (χ3n) is 4.85. The summed E-state index contributed by atoms with van der Waals surface area (Å²) < 4.78 is 76.3. The molecule has 1 saturated carbocycles. The molecule has 29 heavy (non-hydrogen) atoms. The lowest BCUT2D eigenvalue weighted by atomic mass is 10.1. The van der Waals surface area contributed by atoms with Gasteiger partial charge in [-0.25, -0.2) is 8.78 Å². The van der Waals surface area contributed by atoms with Crippen LogP contribution in [0.4, 0.5) is 22.0 Å². The number of halogens is 8. The molecule has 1 aliphatic rings. The van der Waals surface area contributed by atoms with E-state index in [9.17, 15) is 26.7 Å². The Kier molecular flexibility index (Phi) is 7.45. The van der Waals surface area contributed by atoms with Crippen molar-refractivity contribution in [3.05, 3.63) is 42.8 Å². The topological polar surface area (TPSA) is 35.5 Å². The van der Waals surface area contributed by atoms with Crippen molar-refractivity contribution >= 4 is 49.4 Å². The van der Waals surface area contributed by atoms with Gasteiger partial charge in [0, 0.05) is 12.7 Å². The zero-order chi connectivity index (χ0) is 22.3. The molecular formula is C18H16Br2ClF5O3. The second-order valence-electron chi connectivity index (χ2n) is 7.09. The van der Waals surface area contributed by atoms with Crippen molar-refractivity contribution in [2.45, 2.75) is 33.2 Å². The average Bonchev–Trinajstić information content (AvgIpc) is 3.16. The summed E-state index contributed by atoms with van der Waals surface area (Å²) in [4.78, 5) is 12.4. The minimum Gasteiger partial charge on any atom is -0.460 e. The first kappa shape index (κ1) is 24.6. The lowest BCUT2D eigenvalue weighted by Gasteiger charge is -2.14. The Morgan fingerprint density at radius 1 is 1.14 bits per heavy atom. The van der Waals surface area contributed by atoms with Crippen LogP contribution in [0.15, 0.2) is 20.1 Å². The summed E-state index contributed by atoms with van der Waals surface area (Å²) in [5.74, 6) is -4.22. The molecule has 1 fully saturated rings. The number of carbonyl (C=O) groups is 1. The molecule has 0 heterocycles. The quantitative estimate of drug-likeness (QED) is 0.219. The highest BCUT2D eigenvalue weighted by Gasteiger charge is 2.62. The van der Waals surface area contributed by atoms with Gasteiger partial charge in [-0.3, -0.25) is 4.79 Å². The third-order valence-corrected chi connectivity index (χ3v) is 6.85. The zero-order valence-corrected chi connectivity index (χ0v) is 19.3. The zero-order valence-electron chi connectivity index (χ0n) is 15.4. The molecule has 1 aromatic carbocycles. The Morgan fingerprint density at radius 2 is 1.66 bits per heavy atom. The fraction of sp³-hybridized carbons (Fsp3) is 0.500. The molecule has 0 N–H and O–H groups in total. The molecule has 162 valence electrons. The van der Waals surface area contributed by atoms with E-state index < -0.39 is 52.7 Å². The second kappa shape index (κ2) is 8.80. The van der Waals surface area contributed by atoms with E-state index in [-0.39, 0.29) is 26.7 Å². The minimum atomic E-state index is -4.70. The summed E-state index contributed by atoms with van der Waals surface area (Å²) in [7, 11) is 1.28. The highest BCUT2D eigenvalue weighted by atomic mass is 79.9. The van der Waals surface area contributed by atoms with Crippen molar-refractivity contribution in [2.75, 3.05) is 7.11 Å². The van der Waals surface area contributed by atoms with Crippen LogP contribution in [0.1, 0.15) is 25.0 Å². The Morgan fingerprint density at radius 3 is 2.10 bits per heavy atom. The molecule has 2 rings (SSSR count). The van der Waals surface area contributed by atoms with Gasteiger partial charge in [0.1, 0.15) is 23.3 Å². The fourth-order valence-electron chi connectivity index (χ4n) is 3.04. The molecule has 3 nitrogen and oxygen atoms in total. The van der Waals surface area contributed by atoms with E-state index in [0.717, 1.165) is 6.08 Å². The van der Waals surface area contributed by atoms with Crippen LogP contribution in [-0.2, 0) is 27.5 Å². The molecule has 0 aliphatic heterocycles. The Labute approximate surface area is 185 Å². The number of ether oxygens (including phenoxy) is 2. The van der Waals surface area contributed by atoms with Crippen molar-refractivity contribution < 1.29 is 36.2 Å². The third kappa shape index (κ3) is 4.97. The van der Waals surface area contributed by atoms with Gasteiger partial charge >= 0.3 is 12.1 Å². The van der Waals surface area contributed by atoms with Gasteiger partial charge in [0.2, 0.25) is 0 Å². The molecule has 0 bridgehead atoms. The SMILES string of the molecule is COCc1c(F)c(Br)c(COC(=O)[C@@H]2[C@H](/C=C(\Cl)C(F)(F)F)C2(C)C)c(Br)c1F. The first-order chi connectivity index (χ1) is 13.2. The fourth-order valence-corrected chi connectivity index (χ4v) is 4.55. The van der Waals surface area contributed by atoms with Gasteiger partial charge in [-0.2, -0.15) is 13.2 Å². The van der Waals surface area contributed by atoms with E-state index in [4.69, 9.17) is 21.1 Å². The summed E-state index contributed by atoms with van der Waals surface area (Å²) in [6, 6.07) is 0. The Balaban J connectivity index is 2.18. The summed E-state index contributed by atoms with van der Waals surface area (Å²) >= 11 is 11.3. The highest BCUT2D eigenvalue weighted by molar-refractivity contribution is 9.11. The van der Waals surface area contributed by atoms with Crippen molar-refractivity contribution in [1.29, 1.82) is 0 Å². The molecule has 1 aromatic rings. The van der Waals surface area contributed by atoms with Crippen molar-refractivity contribution in [3.8, 4) is 0 Å². The molecule has 0 radical (unpaired) electrons. The maximum absolute atomic E-state index is 14.4. The van der Waals surface area contributed by atoms with E-state index in [1.807, 2.05) is 0 Å². The van der Waals surface area contributed by atoms with Crippen molar-refractivity contribution in [2.24, 2.45) is 17.3 Å². The molecule has 0 amide bonds. The van der Waals surface area contributed by atoms with Gasteiger partial charge < -0.3 is 9.47 Å². The summed E-state index contributed by atoms with van der Waals surface area (Å²) in [5.41, 5.74) is -1.10. The van der Waals surface area contributed by atoms with Gasteiger partial charge in [0.15, 0.2) is 0 Å². The molecule has 0 spiro atoms. The standard InChI is InChI=1S/C18H16Br2ClF5O3/c1-17(2)9(4-10(21)18(24,25)26)11(17)16(27)29-6-7-12(19)14(22)8(5-28-3)15(23)13(7)20/h4,9,11H,5-6H2,1-3H3/b10-4-/t9-,11-/m0/s1. The van der Waals surface area contributed by atoms with Crippen LogP contribution in [0.5, 0.6) is 0 Å². The number of hydrogen-bond donors (Lipinski definition) is 0. The smallest absolute Gasteiger partial charge is 0.426 e. The molecule has 11 heteroatoms. The number of hydrogen-bond acceptors (Lipinski definition) is 3. The molecule has 0 saturated heterocycles. The number of benzene rings is 1. The normalized spacial score (nSPS) is 21.3. The molecule has 0 aromatic heterocycles. The Hall–Kier alpha value is -0.710. The van der Waals surface area contributed by atoms with Crippen LogP contribution in [0, 0.1) is 28.9 Å². The van der Waals surface area contributed by atoms with Crippen LogP contribution < -0.4 is 0 Å². The van der Waals surface area contributed by atoms with Gasteiger partial charge in [-0.1, -0.05) is 31.5 Å². The number of esters is 1. The number of rotatable bonds is 6. The van der Waals surface area contributed by atoms with E-state index in [0.29, 0.717) is 0 Å². The summed E-state index contributed by atoms with van der Waals surface area (Å²) in [6.07, 6.45) is -3.92. The van der Waals surface area contributed by atoms with Crippen LogP contribution in [0.2, 0.25) is 0 Å². The van der Waals surface area contributed by atoms with Crippen molar-refractivity contribution in [3.63, 3.8) is 0 Å². The number of allylic oxidation sites excluding steroid dienone is 2. The largest absolute Gasteiger partial charge is 0.460 e. The lowest BCUT2D eigenvalue weighted by molar-refractivity contribution is -0.147. The first-order valence-corrected chi connectivity index (χ1v) is 10.1. The predicted octanol–water partition coefficient (Wildman–Crippen LogP) is 6.64. The van der Waals surface area contributed by atoms with Crippen molar-refractivity contribution in [1.82, 2.24) is 0 Å². The molecule has 2 atom stereocenters. The van der Waals surface area contributed by atoms with E-state index in [2.05, 4.69) is 31.9 Å². The van der Waals surface area contributed by atoms with Gasteiger partial charge in [-0.05, 0) is 43.2 Å². The van der Waals surface area contributed by atoms with E-state index in [1.165, 1.54) is 7.11 Å². The first-order valence-electron chi connectivity index (χ1n) is 8.18. The van der Waals surface area contributed by atoms with Gasteiger partial charge in [0.25, 0.3) is 0 Å². The highest BCUT2D eigenvalue weighted by Crippen LogP contribution is 2.60. The molecule has 0 unspecified atom stereocenters. The van der Waals surface area contributed by atoms with Crippen LogP contribution in [0.25, 0.3) is 0 Å². The van der Waals surface area contributed by atoms with Crippen LogP contribution in [-0.4, -0.2) is 19.3 Å². The number of alkyl halides is 3. The molecular weight excluding hydrogens is 554 g/mol. The van der Waals surface area contributed by atoms with Crippen LogP contribution >= 0.6 is 43.5 Å². The van der Waals surface area contributed by atoms with Crippen LogP contribution in [0.3, 0.4) is 0 Å². The van der Waals surface area contributed by atoms with E-state index >= 15 is 0 Å².